The summed E-state index contributed by atoms with van der Waals surface area (Å²) in [5.41, 5.74) is 2.19. The van der Waals surface area contributed by atoms with Crippen molar-refractivity contribution in [3.8, 4) is 11.3 Å². The highest BCUT2D eigenvalue weighted by Crippen LogP contribution is 2.29. The van der Waals surface area contributed by atoms with Crippen molar-refractivity contribution in [1.82, 2.24) is 19.9 Å². The van der Waals surface area contributed by atoms with Crippen LogP contribution < -0.4 is 5.32 Å². The highest BCUT2D eigenvalue weighted by Gasteiger charge is 2.27. The zero-order valence-electron chi connectivity index (χ0n) is 18.0. The molecule has 32 heavy (non-hydrogen) atoms. The number of benzene rings is 1. The molecule has 1 aliphatic rings. The maximum absolute atomic E-state index is 13.7. The van der Waals surface area contributed by atoms with E-state index in [1.165, 1.54) is 12.1 Å². The molecule has 0 spiro atoms. The number of amides is 1. The Morgan fingerprint density at radius 2 is 2.16 bits per heavy atom. The summed E-state index contributed by atoms with van der Waals surface area (Å²) >= 11 is 0. The van der Waals surface area contributed by atoms with Crippen molar-refractivity contribution in [3.63, 3.8) is 0 Å². The number of rotatable bonds is 7. The van der Waals surface area contributed by atoms with Crippen molar-refractivity contribution in [1.29, 1.82) is 0 Å². The third-order valence-corrected chi connectivity index (χ3v) is 5.46. The fourth-order valence-electron chi connectivity index (χ4n) is 3.85. The first-order valence-corrected chi connectivity index (χ1v) is 10.7. The number of likely N-dealkylation sites (tertiary alicyclic amines) is 1. The van der Waals surface area contributed by atoms with Crippen molar-refractivity contribution in [2.24, 2.45) is 0 Å². The van der Waals surface area contributed by atoms with Gasteiger partial charge in [-0.15, -0.1) is 0 Å². The molecule has 0 aliphatic carbocycles. The van der Waals surface area contributed by atoms with Crippen molar-refractivity contribution >= 4 is 17.4 Å². The molecule has 2 aromatic heterocycles. The van der Waals surface area contributed by atoms with E-state index < -0.39 is 0 Å². The molecule has 1 aromatic carbocycles. The predicted molar refractivity (Wildman–Crippen MR) is 120 cm³/mol. The topological polar surface area (TPSA) is 80.2 Å². The minimum absolute atomic E-state index is 0.0138. The summed E-state index contributed by atoms with van der Waals surface area (Å²) in [6.07, 6.45) is 5.61. The minimum atomic E-state index is -0.325. The molecule has 1 amide bonds. The molecule has 3 heterocycles. The number of methoxy groups -OCH3 is 1. The molecule has 1 atom stereocenters. The number of hydrogen-bond acceptors (Lipinski definition) is 6. The number of piperidine rings is 1. The lowest BCUT2D eigenvalue weighted by molar-refractivity contribution is -0.133. The van der Waals surface area contributed by atoms with E-state index in [4.69, 9.17) is 14.7 Å². The summed E-state index contributed by atoms with van der Waals surface area (Å²) in [6, 6.07) is 11.9. The lowest BCUT2D eigenvalue weighted by atomic mass is 9.96. The average molecular weight is 436 g/mol. The Labute approximate surface area is 186 Å². The van der Waals surface area contributed by atoms with E-state index in [9.17, 15) is 9.18 Å². The highest BCUT2D eigenvalue weighted by molar-refractivity contribution is 5.76. The van der Waals surface area contributed by atoms with Crippen LogP contribution in [0.5, 0.6) is 0 Å². The predicted octanol–water partition coefficient (Wildman–Crippen LogP) is 4.16. The van der Waals surface area contributed by atoms with Crippen molar-refractivity contribution < 1.29 is 13.9 Å². The number of anilines is 2. The summed E-state index contributed by atoms with van der Waals surface area (Å²) in [7, 11) is 1.59. The molecule has 0 radical (unpaired) electrons. The van der Waals surface area contributed by atoms with Gasteiger partial charge in [-0.1, -0.05) is 6.07 Å². The molecule has 3 aromatic rings. The van der Waals surface area contributed by atoms with Crippen molar-refractivity contribution in [2.45, 2.75) is 25.2 Å². The van der Waals surface area contributed by atoms with E-state index in [0.717, 1.165) is 30.6 Å². The lowest BCUT2D eigenvalue weighted by Crippen LogP contribution is -2.39. The Bertz CT molecular complexity index is 1060. The molecule has 1 aliphatic heterocycles. The number of halogens is 1. The zero-order valence-corrected chi connectivity index (χ0v) is 18.0. The molecule has 166 valence electrons. The number of carbonyl (C=O) groups is 1. The van der Waals surface area contributed by atoms with Gasteiger partial charge in [0.15, 0.2) is 0 Å². The molecule has 4 rings (SSSR count). The molecule has 1 N–H and O–H groups in total. The smallest absolute Gasteiger partial charge is 0.224 e. The van der Waals surface area contributed by atoms with Crippen LogP contribution in [0.2, 0.25) is 0 Å². The summed E-state index contributed by atoms with van der Waals surface area (Å²) in [5.74, 6) is 1.00. The van der Waals surface area contributed by atoms with Gasteiger partial charge in [-0.05, 0) is 43.2 Å². The number of nitrogens with one attached hydrogen (secondary N) is 1. The van der Waals surface area contributed by atoms with E-state index in [-0.39, 0.29) is 17.6 Å². The van der Waals surface area contributed by atoms with Gasteiger partial charge in [-0.2, -0.15) is 0 Å². The summed E-state index contributed by atoms with van der Waals surface area (Å²) in [5, 5.41) is 3.19. The van der Waals surface area contributed by atoms with Crippen LogP contribution in [-0.2, 0) is 9.53 Å². The van der Waals surface area contributed by atoms with Gasteiger partial charge in [-0.3, -0.25) is 9.78 Å². The molecule has 1 unspecified atom stereocenters. The SMILES string of the molecule is COCCC(=O)N1CCCC(c2nc(Nc3cccc(F)c3)cc(-c3cccnc3)n2)C1. The Hall–Kier alpha value is -3.39. The monoisotopic (exact) mass is 435 g/mol. The van der Waals surface area contributed by atoms with E-state index >= 15 is 0 Å². The molecule has 0 saturated carbocycles. The van der Waals surface area contributed by atoms with Gasteiger partial charge in [0.05, 0.1) is 18.7 Å². The standard InChI is InChI=1S/C24H26FN5O2/c1-32-12-9-23(31)30-11-4-6-18(16-30)24-28-21(17-5-3-10-26-15-17)14-22(29-24)27-20-8-2-7-19(25)13-20/h2-3,5,7-8,10,13-15,18H,4,6,9,11-12,16H2,1H3,(H,27,28,29). The highest BCUT2D eigenvalue weighted by atomic mass is 19.1. The van der Waals surface area contributed by atoms with Crippen LogP contribution in [0.3, 0.4) is 0 Å². The second-order valence-electron chi connectivity index (χ2n) is 7.80. The summed E-state index contributed by atoms with van der Waals surface area (Å²) in [4.78, 5) is 28.1. The Morgan fingerprint density at radius 3 is 2.94 bits per heavy atom. The molecule has 7 nitrogen and oxygen atoms in total. The zero-order chi connectivity index (χ0) is 22.3. The number of ether oxygens (including phenoxy) is 1. The van der Waals surface area contributed by atoms with Crippen LogP contribution in [0, 0.1) is 5.82 Å². The van der Waals surface area contributed by atoms with Gasteiger partial charge in [-0.25, -0.2) is 14.4 Å². The van der Waals surface area contributed by atoms with E-state index in [1.807, 2.05) is 23.1 Å². The van der Waals surface area contributed by atoms with Gasteiger partial charge >= 0.3 is 0 Å². The van der Waals surface area contributed by atoms with E-state index in [2.05, 4.69) is 10.3 Å². The third kappa shape index (κ3) is 5.45. The van der Waals surface area contributed by atoms with Crippen LogP contribution in [-0.4, -0.2) is 52.6 Å². The fourth-order valence-corrected chi connectivity index (χ4v) is 3.85. The quantitative estimate of drug-likeness (QED) is 0.600. The number of carbonyl (C=O) groups excluding carboxylic acids is 1. The second-order valence-corrected chi connectivity index (χ2v) is 7.80. The van der Waals surface area contributed by atoms with Gasteiger partial charge in [0.1, 0.15) is 17.5 Å². The van der Waals surface area contributed by atoms with E-state index in [0.29, 0.717) is 36.9 Å². The van der Waals surface area contributed by atoms with Crippen molar-refractivity contribution in [3.05, 3.63) is 66.5 Å². The first-order valence-electron chi connectivity index (χ1n) is 10.7. The first kappa shape index (κ1) is 21.8. The molecular weight excluding hydrogens is 409 g/mol. The maximum atomic E-state index is 13.7. The molecule has 1 fully saturated rings. The third-order valence-electron chi connectivity index (χ3n) is 5.46. The van der Waals surface area contributed by atoms with Gasteiger partial charge in [0, 0.05) is 55.8 Å². The summed E-state index contributed by atoms with van der Waals surface area (Å²) in [6.45, 7) is 1.71. The summed E-state index contributed by atoms with van der Waals surface area (Å²) < 4.78 is 18.7. The van der Waals surface area contributed by atoms with E-state index in [1.54, 1.807) is 31.6 Å². The average Bonchev–Trinajstić information content (AvgIpc) is 2.83. The normalized spacial score (nSPS) is 16.1. The van der Waals surface area contributed by atoms with Gasteiger partial charge in [0.25, 0.3) is 0 Å². The number of nitrogens with zero attached hydrogens (tertiary/aromatic N) is 4. The van der Waals surface area contributed by atoms with Gasteiger partial charge in [0.2, 0.25) is 5.91 Å². The largest absolute Gasteiger partial charge is 0.384 e. The Kier molecular flexibility index (Phi) is 7.01. The van der Waals surface area contributed by atoms with Crippen LogP contribution in [0.4, 0.5) is 15.9 Å². The number of aromatic nitrogens is 3. The number of pyridine rings is 1. The first-order chi connectivity index (χ1) is 15.6. The van der Waals surface area contributed by atoms with Gasteiger partial charge < -0.3 is 15.0 Å². The Morgan fingerprint density at radius 1 is 1.25 bits per heavy atom. The Balaban J connectivity index is 1.63. The van der Waals surface area contributed by atoms with Crippen molar-refractivity contribution in [2.75, 3.05) is 32.1 Å². The van der Waals surface area contributed by atoms with Crippen LogP contribution in [0.15, 0.2) is 54.9 Å². The molecule has 0 bridgehead atoms. The second kappa shape index (κ2) is 10.3. The fraction of sp³-hybridized carbons (Fsp3) is 0.333. The molecule has 1 saturated heterocycles. The number of hydrogen-bond donors (Lipinski definition) is 1. The maximum Gasteiger partial charge on any atom is 0.224 e. The van der Waals surface area contributed by atoms with Crippen LogP contribution in [0.1, 0.15) is 31.0 Å². The molecule has 8 heteroatoms. The lowest BCUT2D eigenvalue weighted by Gasteiger charge is -2.32. The minimum Gasteiger partial charge on any atom is -0.384 e. The van der Waals surface area contributed by atoms with Crippen LogP contribution in [0.25, 0.3) is 11.3 Å². The molecular formula is C24H26FN5O2. The van der Waals surface area contributed by atoms with Crippen LogP contribution >= 0.6 is 0 Å².